The molecule has 3 aromatic carbocycles. The number of aryl methyl sites for hydroxylation is 1. The molecule has 8 nitrogen and oxygen atoms in total. The number of hydrogen-bond donors (Lipinski definition) is 3. The largest absolute Gasteiger partial charge is 0.507 e. The number of nitro benzene ring substituents is 1. The minimum atomic E-state index is -0.854. The van der Waals surface area contributed by atoms with Gasteiger partial charge in [0.25, 0.3) is 5.69 Å². The van der Waals surface area contributed by atoms with Gasteiger partial charge in [0.05, 0.1) is 27.3 Å². The molecule has 0 heterocycles. The Hall–Kier alpha value is -4.20. The highest BCUT2D eigenvalue weighted by Crippen LogP contribution is 2.44. The summed E-state index contributed by atoms with van der Waals surface area (Å²) < 4.78 is 0. The molecule has 0 unspecified atom stereocenters. The normalized spacial score (nSPS) is 12.3. The second-order valence-electron chi connectivity index (χ2n) is 6.60. The van der Waals surface area contributed by atoms with Gasteiger partial charge in [-0.1, -0.05) is 18.2 Å². The summed E-state index contributed by atoms with van der Waals surface area (Å²) in [4.78, 5) is 37.0. The molecule has 8 heteroatoms. The van der Waals surface area contributed by atoms with E-state index in [1.807, 2.05) is 0 Å². The van der Waals surface area contributed by atoms with E-state index in [1.54, 1.807) is 37.3 Å². The minimum absolute atomic E-state index is 0.178. The zero-order chi connectivity index (χ0) is 20.9. The molecule has 0 spiro atoms. The number of anilines is 2. The van der Waals surface area contributed by atoms with Crippen LogP contribution in [0.4, 0.5) is 17.1 Å². The van der Waals surface area contributed by atoms with Gasteiger partial charge in [-0.3, -0.25) is 19.7 Å². The molecule has 1 aliphatic carbocycles. The molecule has 3 aromatic rings. The Morgan fingerprint density at radius 2 is 1.55 bits per heavy atom. The first-order valence-corrected chi connectivity index (χ1v) is 8.59. The Bertz CT molecular complexity index is 1220. The molecular weight excluding hydrogens is 376 g/mol. The van der Waals surface area contributed by atoms with Crippen molar-refractivity contribution in [1.29, 1.82) is 0 Å². The van der Waals surface area contributed by atoms with Gasteiger partial charge in [0.15, 0.2) is 0 Å². The molecular formula is C21H14N2O6. The lowest BCUT2D eigenvalue weighted by atomic mass is 9.80. The number of hydrogen-bond acceptors (Lipinski definition) is 7. The molecule has 0 saturated carbocycles. The van der Waals surface area contributed by atoms with Crippen LogP contribution in [-0.4, -0.2) is 26.7 Å². The van der Waals surface area contributed by atoms with Crippen molar-refractivity contribution in [2.24, 2.45) is 0 Å². The van der Waals surface area contributed by atoms with Crippen molar-refractivity contribution in [2.75, 3.05) is 5.32 Å². The highest BCUT2D eigenvalue weighted by molar-refractivity contribution is 6.33. The Kier molecular flexibility index (Phi) is 4.04. The maximum absolute atomic E-state index is 13.3. The van der Waals surface area contributed by atoms with Crippen LogP contribution in [0, 0.1) is 17.0 Å². The first kappa shape index (κ1) is 18.2. The van der Waals surface area contributed by atoms with E-state index in [-0.39, 0.29) is 16.8 Å². The van der Waals surface area contributed by atoms with Gasteiger partial charge in [0.2, 0.25) is 11.6 Å². The van der Waals surface area contributed by atoms with Crippen LogP contribution in [0.2, 0.25) is 0 Å². The van der Waals surface area contributed by atoms with E-state index < -0.39 is 44.8 Å². The van der Waals surface area contributed by atoms with Crippen LogP contribution < -0.4 is 5.32 Å². The lowest BCUT2D eigenvalue weighted by molar-refractivity contribution is -0.385. The van der Waals surface area contributed by atoms with Crippen LogP contribution in [0.1, 0.15) is 37.4 Å². The van der Waals surface area contributed by atoms with E-state index in [9.17, 15) is 29.9 Å². The lowest BCUT2D eigenvalue weighted by Crippen LogP contribution is -2.24. The summed E-state index contributed by atoms with van der Waals surface area (Å²) in [5, 5.41) is 35.1. The van der Waals surface area contributed by atoms with Gasteiger partial charge in [-0.05, 0) is 36.8 Å². The smallest absolute Gasteiger partial charge is 0.281 e. The summed E-state index contributed by atoms with van der Waals surface area (Å²) in [6.45, 7) is 1.56. The summed E-state index contributed by atoms with van der Waals surface area (Å²) in [6, 6.07) is 12.3. The summed E-state index contributed by atoms with van der Waals surface area (Å²) in [5.41, 5.74) is -0.862. The van der Waals surface area contributed by atoms with Gasteiger partial charge >= 0.3 is 0 Å². The number of rotatable bonds is 3. The summed E-state index contributed by atoms with van der Waals surface area (Å²) in [7, 11) is 0. The second kappa shape index (κ2) is 6.45. The number of benzene rings is 3. The molecule has 0 saturated heterocycles. The van der Waals surface area contributed by atoms with Gasteiger partial charge in [0.1, 0.15) is 17.1 Å². The fraction of sp³-hybridized carbons (Fsp3) is 0.0476. The minimum Gasteiger partial charge on any atom is -0.507 e. The van der Waals surface area contributed by atoms with Crippen molar-refractivity contribution >= 4 is 28.6 Å². The zero-order valence-corrected chi connectivity index (χ0v) is 15.1. The fourth-order valence-electron chi connectivity index (χ4n) is 3.48. The van der Waals surface area contributed by atoms with Gasteiger partial charge in [-0.15, -0.1) is 0 Å². The standard InChI is InChI=1S/C21H14N2O6/c1-10-9-12(22-11-5-3-2-4-6-11)15-18(19(10)25)21(27)17-14(24)8-7-13(23(28)29)16(17)20(15)26/h2-9,22,24-25H,1H3. The zero-order valence-electron chi connectivity index (χ0n) is 15.1. The van der Waals surface area contributed by atoms with Gasteiger partial charge in [0, 0.05) is 11.8 Å². The van der Waals surface area contributed by atoms with Crippen molar-refractivity contribution in [1.82, 2.24) is 0 Å². The van der Waals surface area contributed by atoms with E-state index in [4.69, 9.17) is 0 Å². The van der Waals surface area contributed by atoms with E-state index in [2.05, 4.69) is 5.32 Å². The molecule has 0 amide bonds. The van der Waals surface area contributed by atoms with E-state index >= 15 is 0 Å². The van der Waals surface area contributed by atoms with E-state index in [0.717, 1.165) is 12.1 Å². The van der Waals surface area contributed by atoms with E-state index in [1.165, 1.54) is 6.07 Å². The predicted molar refractivity (Wildman–Crippen MR) is 104 cm³/mol. The van der Waals surface area contributed by atoms with Crippen molar-refractivity contribution in [3.05, 3.63) is 86.5 Å². The van der Waals surface area contributed by atoms with Crippen molar-refractivity contribution in [3.8, 4) is 11.5 Å². The molecule has 0 aliphatic heterocycles. The van der Waals surface area contributed by atoms with Gasteiger partial charge < -0.3 is 15.5 Å². The first-order chi connectivity index (χ1) is 13.8. The van der Waals surface area contributed by atoms with Crippen molar-refractivity contribution < 1.29 is 24.7 Å². The Balaban J connectivity index is 2.03. The third-order valence-corrected chi connectivity index (χ3v) is 4.81. The molecule has 1 aliphatic rings. The number of phenolic OH excluding ortho intramolecular Hbond substituents is 2. The monoisotopic (exact) mass is 390 g/mol. The fourth-order valence-corrected chi connectivity index (χ4v) is 3.48. The molecule has 0 fully saturated rings. The third kappa shape index (κ3) is 2.69. The predicted octanol–water partition coefficient (Wildman–Crippen LogP) is 3.83. The summed E-state index contributed by atoms with van der Waals surface area (Å²) in [5.74, 6) is -2.65. The topological polar surface area (TPSA) is 130 Å². The number of phenols is 2. The van der Waals surface area contributed by atoms with Crippen molar-refractivity contribution in [3.63, 3.8) is 0 Å². The first-order valence-electron chi connectivity index (χ1n) is 8.59. The number of aromatic hydroxyl groups is 2. The molecule has 0 atom stereocenters. The molecule has 3 N–H and O–H groups in total. The molecule has 4 rings (SSSR count). The van der Waals surface area contributed by atoms with Crippen LogP contribution in [0.5, 0.6) is 11.5 Å². The molecule has 0 bridgehead atoms. The van der Waals surface area contributed by atoms with Gasteiger partial charge in [-0.25, -0.2) is 0 Å². The van der Waals surface area contributed by atoms with Crippen LogP contribution >= 0.6 is 0 Å². The Labute approximate surface area is 164 Å². The second-order valence-corrected chi connectivity index (χ2v) is 6.60. The van der Waals surface area contributed by atoms with Crippen LogP contribution in [-0.2, 0) is 0 Å². The maximum atomic E-state index is 13.3. The molecule has 0 aromatic heterocycles. The van der Waals surface area contributed by atoms with Crippen LogP contribution in [0.15, 0.2) is 48.5 Å². The molecule has 144 valence electrons. The quantitative estimate of drug-likeness (QED) is 0.275. The maximum Gasteiger partial charge on any atom is 0.281 e. The number of carbonyl (C=O) groups is 2. The van der Waals surface area contributed by atoms with E-state index in [0.29, 0.717) is 11.3 Å². The number of para-hydroxylation sites is 1. The van der Waals surface area contributed by atoms with Crippen LogP contribution in [0.25, 0.3) is 0 Å². The Morgan fingerprint density at radius 1 is 0.897 bits per heavy atom. The molecule has 0 radical (unpaired) electrons. The number of nitrogens with zero attached hydrogens (tertiary/aromatic N) is 1. The number of nitrogens with one attached hydrogen (secondary N) is 1. The van der Waals surface area contributed by atoms with Crippen LogP contribution in [0.3, 0.4) is 0 Å². The average Bonchev–Trinajstić information content (AvgIpc) is 2.69. The number of ketones is 2. The number of nitro groups is 1. The van der Waals surface area contributed by atoms with Crippen molar-refractivity contribution in [2.45, 2.75) is 6.92 Å². The third-order valence-electron chi connectivity index (χ3n) is 4.81. The highest BCUT2D eigenvalue weighted by Gasteiger charge is 2.41. The average molecular weight is 390 g/mol. The molecule has 29 heavy (non-hydrogen) atoms. The number of fused-ring (bicyclic) bond motifs is 2. The SMILES string of the molecule is Cc1cc(Nc2ccccc2)c2c(c1O)C(=O)c1c(O)ccc([N+](=O)[O-])c1C2=O. The summed E-state index contributed by atoms with van der Waals surface area (Å²) in [6.07, 6.45) is 0. The summed E-state index contributed by atoms with van der Waals surface area (Å²) >= 11 is 0. The Morgan fingerprint density at radius 3 is 2.21 bits per heavy atom. The van der Waals surface area contributed by atoms with Gasteiger partial charge in [-0.2, -0.15) is 0 Å². The number of carbonyl (C=O) groups excluding carboxylic acids is 2. The lowest BCUT2D eigenvalue weighted by Gasteiger charge is -2.23. The highest BCUT2D eigenvalue weighted by atomic mass is 16.6.